The number of carbonyl (C=O) groups is 2. The van der Waals surface area contributed by atoms with Gasteiger partial charge in [0.15, 0.2) is 0 Å². The molecular formula is C26H36N2O4S. The van der Waals surface area contributed by atoms with Gasteiger partial charge in [-0.15, -0.1) is 0 Å². The number of piperidine rings is 1. The van der Waals surface area contributed by atoms with Gasteiger partial charge in [-0.2, -0.15) is 11.8 Å². The summed E-state index contributed by atoms with van der Waals surface area (Å²) in [5, 5.41) is 0. The van der Waals surface area contributed by atoms with E-state index in [9.17, 15) is 9.59 Å². The molecule has 33 heavy (non-hydrogen) atoms. The Hall–Kier alpha value is -2.41. The van der Waals surface area contributed by atoms with Gasteiger partial charge in [0, 0.05) is 51.2 Å². The van der Waals surface area contributed by atoms with E-state index in [1.54, 1.807) is 25.1 Å². The number of amides is 2. The van der Waals surface area contributed by atoms with Crippen LogP contribution in [0.25, 0.3) is 0 Å². The van der Waals surface area contributed by atoms with Crippen LogP contribution in [-0.2, 0) is 22.4 Å². The van der Waals surface area contributed by atoms with Gasteiger partial charge in [0.05, 0.1) is 13.4 Å². The first kappa shape index (κ1) is 25.2. The number of likely N-dealkylation sites (N-methyl/N-ethyl adjacent to an activating group) is 1. The second kappa shape index (κ2) is 12.7. The molecule has 6 nitrogen and oxygen atoms in total. The number of nitrogens with zero attached hydrogens (tertiary/aromatic N) is 2. The van der Waals surface area contributed by atoms with Crippen molar-refractivity contribution < 1.29 is 18.7 Å². The van der Waals surface area contributed by atoms with E-state index in [2.05, 4.69) is 12.1 Å². The van der Waals surface area contributed by atoms with Crippen molar-refractivity contribution in [2.75, 3.05) is 39.3 Å². The summed E-state index contributed by atoms with van der Waals surface area (Å²) in [5.41, 5.74) is 1.17. The summed E-state index contributed by atoms with van der Waals surface area (Å²) in [7, 11) is 3.61. The monoisotopic (exact) mass is 472 g/mol. The fraction of sp³-hybridized carbons (Fsp3) is 0.538. The van der Waals surface area contributed by atoms with Crippen molar-refractivity contribution in [3.63, 3.8) is 0 Å². The van der Waals surface area contributed by atoms with Crippen molar-refractivity contribution in [2.24, 2.45) is 5.92 Å². The molecule has 0 radical (unpaired) electrons. The first-order valence-electron chi connectivity index (χ1n) is 11.7. The smallest absolute Gasteiger partial charge is 0.223 e. The number of carbonyl (C=O) groups excluding carboxylic acids is 2. The maximum atomic E-state index is 12.9. The van der Waals surface area contributed by atoms with Crippen LogP contribution in [0, 0.1) is 5.92 Å². The van der Waals surface area contributed by atoms with Crippen LogP contribution in [-0.4, -0.2) is 66.9 Å². The lowest BCUT2D eigenvalue weighted by Crippen LogP contribution is -2.48. The number of rotatable bonds is 11. The van der Waals surface area contributed by atoms with E-state index >= 15 is 0 Å². The Morgan fingerprint density at radius 1 is 1.21 bits per heavy atom. The quantitative estimate of drug-likeness (QED) is 0.488. The van der Waals surface area contributed by atoms with E-state index in [1.165, 1.54) is 5.56 Å². The Labute approximate surface area is 201 Å². The fourth-order valence-corrected chi connectivity index (χ4v) is 4.97. The maximum Gasteiger partial charge on any atom is 0.223 e. The molecule has 1 atom stereocenters. The maximum absolute atomic E-state index is 12.9. The molecule has 1 aromatic carbocycles. The van der Waals surface area contributed by atoms with Crippen LogP contribution >= 0.6 is 11.8 Å². The van der Waals surface area contributed by atoms with Gasteiger partial charge in [-0.25, -0.2) is 0 Å². The van der Waals surface area contributed by atoms with Crippen molar-refractivity contribution in [2.45, 2.75) is 44.6 Å². The molecular weight excluding hydrogens is 436 g/mol. The number of thioether (sulfide) groups is 1. The van der Waals surface area contributed by atoms with E-state index in [0.29, 0.717) is 25.2 Å². The highest BCUT2D eigenvalue weighted by Gasteiger charge is 2.32. The number of aryl methyl sites for hydroxylation is 1. The molecule has 1 aliphatic rings. The van der Waals surface area contributed by atoms with Gasteiger partial charge in [-0.3, -0.25) is 9.59 Å². The van der Waals surface area contributed by atoms with E-state index in [1.807, 2.05) is 47.4 Å². The van der Waals surface area contributed by atoms with Crippen molar-refractivity contribution in [3.8, 4) is 5.75 Å². The molecule has 2 heterocycles. The molecule has 2 amide bonds. The summed E-state index contributed by atoms with van der Waals surface area (Å²) < 4.78 is 10.7. The summed E-state index contributed by atoms with van der Waals surface area (Å²) >= 11 is 1.70. The predicted molar refractivity (Wildman–Crippen MR) is 133 cm³/mol. The van der Waals surface area contributed by atoms with E-state index in [-0.39, 0.29) is 17.9 Å². The summed E-state index contributed by atoms with van der Waals surface area (Å²) in [6.07, 6.45) is 7.93. The van der Waals surface area contributed by atoms with Crippen LogP contribution in [0.4, 0.5) is 0 Å². The number of hydrogen-bond acceptors (Lipinski definition) is 5. The zero-order valence-electron chi connectivity index (χ0n) is 20.0. The Morgan fingerprint density at radius 3 is 2.67 bits per heavy atom. The Kier molecular flexibility index (Phi) is 9.73. The molecule has 0 spiro atoms. The van der Waals surface area contributed by atoms with Crippen molar-refractivity contribution in [1.29, 1.82) is 0 Å². The summed E-state index contributed by atoms with van der Waals surface area (Å²) in [5.74, 6) is 3.24. The minimum absolute atomic E-state index is 0.104. The van der Waals surface area contributed by atoms with Gasteiger partial charge in [0.25, 0.3) is 0 Å². The molecule has 1 saturated heterocycles. The molecule has 0 aliphatic carbocycles. The van der Waals surface area contributed by atoms with Crippen LogP contribution < -0.4 is 4.74 Å². The highest BCUT2D eigenvalue weighted by Crippen LogP contribution is 2.28. The average Bonchev–Trinajstić information content (AvgIpc) is 3.38. The van der Waals surface area contributed by atoms with Gasteiger partial charge < -0.3 is 19.0 Å². The van der Waals surface area contributed by atoms with Crippen LogP contribution in [0.2, 0.25) is 0 Å². The number of benzene rings is 1. The van der Waals surface area contributed by atoms with Gasteiger partial charge in [-0.05, 0) is 61.3 Å². The van der Waals surface area contributed by atoms with Crippen molar-refractivity contribution >= 4 is 23.6 Å². The van der Waals surface area contributed by atoms with E-state index < -0.39 is 0 Å². The van der Waals surface area contributed by atoms with Gasteiger partial charge in [-0.1, -0.05) is 12.1 Å². The standard InChI is InChI=1S/C26H36N2O4S/c1-27(25(29)13-17-33-3)24(19-20-6-4-7-23(18-20)31-2)21-11-14-28(15-12-21)26(30)10-9-22-8-5-16-32-22/h4-8,16,18,21,24H,9-15,17,19H2,1-3H3/t24-/m1/s1. The predicted octanol–water partition coefficient (Wildman–Crippen LogP) is 4.28. The van der Waals surface area contributed by atoms with Crippen LogP contribution in [0.3, 0.4) is 0 Å². The lowest BCUT2D eigenvalue weighted by molar-refractivity contribution is -0.136. The van der Waals surface area contributed by atoms with Crippen molar-refractivity contribution in [1.82, 2.24) is 9.80 Å². The SMILES string of the molecule is COc1cccc(C[C@H](C2CCN(C(=O)CCc3ccco3)CC2)N(C)C(=O)CCSC)c1. The lowest BCUT2D eigenvalue weighted by atomic mass is 9.84. The number of hydrogen-bond donors (Lipinski definition) is 0. The number of ether oxygens (including phenoxy) is 1. The highest BCUT2D eigenvalue weighted by molar-refractivity contribution is 7.98. The molecule has 1 aromatic heterocycles. The molecule has 3 rings (SSSR count). The summed E-state index contributed by atoms with van der Waals surface area (Å²) in [6.45, 7) is 1.48. The first-order chi connectivity index (χ1) is 16.0. The third kappa shape index (κ3) is 7.29. The number of likely N-dealkylation sites (tertiary alicyclic amines) is 1. The Bertz CT molecular complexity index is 878. The summed E-state index contributed by atoms with van der Waals surface area (Å²) in [4.78, 5) is 29.5. The highest BCUT2D eigenvalue weighted by atomic mass is 32.2. The number of methoxy groups -OCH3 is 1. The minimum atomic E-state index is 0.104. The molecule has 0 bridgehead atoms. The molecule has 180 valence electrons. The zero-order chi connectivity index (χ0) is 23.6. The van der Waals surface area contributed by atoms with Crippen LogP contribution in [0.5, 0.6) is 5.75 Å². The van der Waals surface area contributed by atoms with E-state index in [4.69, 9.17) is 9.15 Å². The van der Waals surface area contributed by atoms with Crippen LogP contribution in [0.15, 0.2) is 47.1 Å². The average molecular weight is 473 g/mol. The third-order valence-electron chi connectivity index (χ3n) is 6.59. The van der Waals surface area contributed by atoms with Gasteiger partial charge in [0.1, 0.15) is 11.5 Å². The largest absolute Gasteiger partial charge is 0.497 e. The summed E-state index contributed by atoms with van der Waals surface area (Å²) in [6, 6.07) is 12.0. The van der Waals surface area contributed by atoms with Gasteiger partial charge >= 0.3 is 0 Å². The molecule has 1 aliphatic heterocycles. The number of furan rings is 1. The zero-order valence-corrected chi connectivity index (χ0v) is 20.8. The van der Waals surface area contributed by atoms with Crippen LogP contribution in [0.1, 0.15) is 37.0 Å². The van der Waals surface area contributed by atoms with Gasteiger partial charge in [0.2, 0.25) is 11.8 Å². The first-order valence-corrected chi connectivity index (χ1v) is 13.1. The Morgan fingerprint density at radius 2 is 2.00 bits per heavy atom. The second-order valence-corrected chi connectivity index (χ2v) is 9.65. The molecule has 0 N–H and O–H groups in total. The Balaban J connectivity index is 1.63. The lowest BCUT2D eigenvalue weighted by Gasteiger charge is -2.40. The minimum Gasteiger partial charge on any atom is -0.497 e. The van der Waals surface area contributed by atoms with Crippen molar-refractivity contribution in [3.05, 3.63) is 54.0 Å². The molecule has 7 heteroatoms. The fourth-order valence-electron chi connectivity index (χ4n) is 4.59. The molecule has 2 aromatic rings. The van der Waals surface area contributed by atoms with E-state index in [0.717, 1.165) is 49.6 Å². The molecule has 0 saturated carbocycles. The third-order valence-corrected chi connectivity index (χ3v) is 7.20. The molecule has 1 fully saturated rings. The topological polar surface area (TPSA) is 63.0 Å². The second-order valence-electron chi connectivity index (χ2n) is 8.67. The molecule has 0 unspecified atom stereocenters. The normalized spacial score (nSPS) is 15.3.